The van der Waals surface area contributed by atoms with Crippen LogP contribution in [0.25, 0.3) is 0 Å². The molecule has 1 unspecified atom stereocenters. The molecule has 1 atom stereocenters. The first-order chi connectivity index (χ1) is 9.87. The molecule has 3 rings (SSSR count). The standard InChI is InChI=1S/C16H19NO3S/c1-16(2)13-5-3-4-6-14(13)17(15(16)7-9-18)12-8-10-21(19,20)11-12/h3-7,9,12H,8,10-11H2,1-2H3. The van der Waals surface area contributed by atoms with Crippen molar-refractivity contribution in [3.05, 3.63) is 41.6 Å². The lowest BCUT2D eigenvalue weighted by Crippen LogP contribution is -2.36. The Bertz CT molecular complexity index is 719. The van der Waals surface area contributed by atoms with Gasteiger partial charge in [0.1, 0.15) is 6.29 Å². The van der Waals surface area contributed by atoms with Gasteiger partial charge in [-0.05, 0) is 24.1 Å². The van der Waals surface area contributed by atoms with Crippen LogP contribution in [-0.4, -0.2) is 32.3 Å². The van der Waals surface area contributed by atoms with Crippen LogP contribution in [0.5, 0.6) is 0 Å². The average molecular weight is 305 g/mol. The largest absolute Gasteiger partial charge is 0.340 e. The van der Waals surface area contributed by atoms with E-state index in [1.54, 1.807) is 6.08 Å². The van der Waals surface area contributed by atoms with Crippen molar-refractivity contribution in [1.82, 2.24) is 0 Å². The molecule has 1 aromatic carbocycles. The number of carbonyl (C=O) groups excluding carboxylic acids is 1. The smallest absolute Gasteiger partial charge is 0.152 e. The molecule has 0 aliphatic carbocycles. The molecule has 0 N–H and O–H groups in total. The van der Waals surface area contributed by atoms with Crippen molar-refractivity contribution in [2.45, 2.75) is 31.7 Å². The summed E-state index contributed by atoms with van der Waals surface area (Å²) in [7, 11) is -2.97. The maximum Gasteiger partial charge on any atom is 0.152 e. The highest BCUT2D eigenvalue weighted by Crippen LogP contribution is 2.49. The van der Waals surface area contributed by atoms with E-state index in [1.807, 2.05) is 18.2 Å². The van der Waals surface area contributed by atoms with Gasteiger partial charge in [0.15, 0.2) is 9.84 Å². The topological polar surface area (TPSA) is 54.5 Å². The number of rotatable bonds is 2. The van der Waals surface area contributed by atoms with Gasteiger partial charge >= 0.3 is 0 Å². The van der Waals surface area contributed by atoms with Crippen LogP contribution in [0.1, 0.15) is 25.8 Å². The van der Waals surface area contributed by atoms with Gasteiger partial charge in [-0.1, -0.05) is 32.0 Å². The number of anilines is 1. The van der Waals surface area contributed by atoms with Crippen molar-refractivity contribution < 1.29 is 13.2 Å². The number of allylic oxidation sites excluding steroid dienone is 2. The fourth-order valence-electron chi connectivity index (χ4n) is 3.51. The van der Waals surface area contributed by atoms with Crippen molar-refractivity contribution in [2.75, 3.05) is 16.4 Å². The molecule has 0 bridgehead atoms. The summed E-state index contributed by atoms with van der Waals surface area (Å²) in [6, 6.07) is 7.91. The molecule has 112 valence electrons. The first-order valence-corrected chi connectivity index (χ1v) is 8.94. The molecule has 2 aliphatic heterocycles. The Morgan fingerprint density at radius 3 is 2.62 bits per heavy atom. The van der Waals surface area contributed by atoms with Crippen LogP contribution in [0.15, 0.2) is 36.0 Å². The first-order valence-electron chi connectivity index (χ1n) is 7.12. The normalized spacial score (nSPS) is 27.8. The number of hydrogen-bond donors (Lipinski definition) is 0. The second-order valence-electron chi connectivity index (χ2n) is 6.26. The van der Waals surface area contributed by atoms with Crippen molar-refractivity contribution in [1.29, 1.82) is 0 Å². The summed E-state index contributed by atoms with van der Waals surface area (Å²) in [5.41, 5.74) is 2.77. The molecule has 4 nitrogen and oxygen atoms in total. The third-order valence-corrected chi connectivity index (χ3v) is 6.29. The summed E-state index contributed by atoms with van der Waals surface area (Å²) in [6.07, 6.45) is 2.98. The van der Waals surface area contributed by atoms with Gasteiger partial charge in [0.2, 0.25) is 0 Å². The summed E-state index contributed by atoms with van der Waals surface area (Å²) in [6.45, 7) is 4.15. The fourth-order valence-corrected chi connectivity index (χ4v) is 5.21. The zero-order valence-corrected chi connectivity index (χ0v) is 13.1. The highest BCUT2D eigenvalue weighted by Gasteiger charge is 2.45. The van der Waals surface area contributed by atoms with Gasteiger partial charge in [-0.2, -0.15) is 0 Å². The molecule has 21 heavy (non-hydrogen) atoms. The maximum atomic E-state index is 11.8. The molecule has 5 heteroatoms. The molecular formula is C16H19NO3S. The molecule has 2 aliphatic rings. The Morgan fingerprint density at radius 2 is 2.00 bits per heavy atom. The van der Waals surface area contributed by atoms with E-state index in [2.05, 4.69) is 24.8 Å². The zero-order valence-electron chi connectivity index (χ0n) is 12.2. The van der Waals surface area contributed by atoms with Gasteiger partial charge in [-0.3, -0.25) is 4.79 Å². The second kappa shape index (κ2) is 4.70. The van der Waals surface area contributed by atoms with E-state index in [0.717, 1.165) is 23.2 Å². The molecule has 0 amide bonds. The Balaban J connectivity index is 2.14. The SMILES string of the molecule is CC1(C)C(=CC=O)N(C2CCS(=O)(=O)C2)c2ccccc21. The first kappa shape index (κ1) is 14.3. The Labute approximate surface area is 125 Å². The monoisotopic (exact) mass is 305 g/mol. The van der Waals surface area contributed by atoms with Gasteiger partial charge < -0.3 is 4.90 Å². The minimum Gasteiger partial charge on any atom is -0.340 e. The van der Waals surface area contributed by atoms with E-state index in [9.17, 15) is 13.2 Å². The molecule has 2 heterocycles. The number of benzene rings is 1. The Kier molecular flexibility index (Phi) is 3.20. The van der Waals surface area contributed by atoms with Gasteiger partial charge in [-0.25, -0.2) is 8.42 Å². The number of sulfone groups is 1. The fraction of sp³-hybridized carbons (Fsp3) is 0.438. The molecule has 0 aromatic heterocycles. The Hall–Kier alpha value is -1.62. The Morgan fingerprint density at radius 1 is 1.29 bits per heavy atom. The molecule has 0 radical (unpaired) electrons. The predicted molar refractivity (Wildman–Crippen MR) is 83.2 cm³/mol. The molecule has 1 aromatic rings. The summed E-state index contributed by atoms with van der Waals surface area (Å²) >= 11 is 0. The maximum absolute atomic E-state index is 11.8. The van der Waals surface area contributed by atoms with Crippen LogP contribution in [0.2, 0.25) is 0 Å². The van der Waals surface area contributed by atoms with Crippen LogP contribution in [0.3, 0.4) is 0 Å². The number of fused-ring (bicyclic) bond motifs is 1. The molecule has 0 spiro atoms. The van der Waals surface area contributed by atoms with Crippen LogP contribution in [0, 0.1) is 0 Å². The van der Waals surface area contributed by atoms with Gasteiger partial charge in [0.05, 0.1) is 11.5 Å². The lowest BCUT2D eigenvalue weighted by atomic mass is 9.84. The molecule has 1 fully saturated rings. The van der Waals surface area contributed by atoms with Crippen LogP contribution >= 0.6 is 0 Å². The van der Waals surface area contributed by atoms with Crippen LogP contribution in [0.4, 0.5) is 5.69 Å². The summed E-state index contributed by atoms with van der Waals surface area (Å²) in [4.78, 5) is 13.1. The van der Waals surface area contributed by atoms with Crippen molar-refractivity contribution in [3.63, 3.8) is 0 Å². The lowest BCUT2D eigenvalue weighted by molar-refractivity contribution is -0.104. The number of para-hydroxylation sites is 1. The average Bonchev–Trinajstić information content (AvgIpc) is 2.88. The third kappa shape index (κ3) is 2.20. The lowest BCUT2D eigenvalue weighted by Gasteiger charge is -2.31. The summed E-state index contributed by atoms with van der Waals surface area (Å²) in [5, 5.41) is 0. The highest BCUT2D eigenvalue weighted by molar-refractivity contribution is 7.91. The minimum absolute atomic E-state index is 0.0795. The predicted octanol–water partition coefficient (Wildman–Crippen LogP) is 2.05. The molecule has 0 saturated carbocycles. The number of aldehydes is 1. The van der Waals surface area contributed by atoms with Gasteiger partial charge in [0, 0.05) is 22.8 Å². The third-order valence-electron chi connectivity index (χ3n) is 4.54. The van der Waals surface area contributed by atoms with Gasteiger partial charge in [-0.15, -0.1) is 0 Å². The second-order valence-corrected chi connectivity index (χ2v) is 8.49. The number of carbonyl (C=O) groups is 1. The van der Waals surface area contributed by atoms with E-state index >= 15 is 0 Å². The van der Waals surface area contributed by atoms with E-state index in [0.29, 0.717) is 6.42 Å². The van der Waals surface area contributed by atoms with Crippen LogP contribution < -0.4 is 4.90 Å². The van der Waals surface area contributed by atoms with E-state index in [-0.39, 0.29) is 23.0 Å². The number of hydrogen-bond acceptors (Lipinski definition) is 4. The highest BCUT2D eigenvalue weighted by atomic mass is 32.2. The summed E-state index contributed by atoms with van der Waals surface area (Å²) in [5.74, 6) is 0.388. The minimum atomic E-state index is -2.97. The van der Waals surface area contributed by atoms with E-state index in [4.69, 9.17) is 0 Å². The zero-order chi connectivity index (χ0) is 15.3. The van der Waals surface area contributed by atoms with E-state index in [1.165, 1.54) is 0 Å². The molecule has 1 saturated heterocycles. The van der Waals surface area contributed by atoms with Crippen molar-refractivity contribution in [3.8, 4) is 0 Å². The van der Waals surface area contributed by atoms with Gasteiger partial charge in [0.25, 0.3) is 0 Å². The van der Waals surface area contributed by atoms with Crippen molar-refractivity contribution >= 4 is 21.8 Å². The van der Waals surface area contributed by atoms with E-state index < -0.39 is 9.84 Å². The quantitative estimate of drug-likeness (QED) is 0.620. The summed E-state index contributed by atoms with van der Waals surface area (Å²) < 4.78 is 23.6. The molecular weight excluding hydrogens is 286 g/mol. The van der Waals surface area contributed by atoms with Crippen LogP contribution in [-0.2, 0) is 20.0 Å². The number of nitrogens with zero attached hydrogens (tertiary/aromatic N) is 1. The van der Waals surface area contributed by atoms with Crippen molar-refractivity contribution in [2.24, 2.45) is 0 Å².